The molecule has 1 amide bonds. The maximum absolute atomic E-state index is 12.6. The van der Waals surface area contributed by atoms with E-state index in [0.717, 1.165) is 5.69 Å². The molecule has 0 bridgehead atoms. The van der Waals surface area contributed by atoms with Crippen LogP contribution in [0.1, 0.15) is 17.4 Å². The van der Waals surface area contributed by atoms with Crippen LogP contribution in [0.5, 0.6) is 0 Å². The summed E-state index contributed by atoms with van der Waals surface area (Å²) in [6, 6.07) is 13.2. The van der Waals surface area contributed by atoms with Crippen LogP contribution in [0.2, 0.25) is 0 Å². The predicted molar refractivity (Wildman–Crippen MR) is 83.6 cm³/mol. The fraction of sp³-hybridized carbons (Fsp3) is 0.125. The number of benzene rings is 1. The Balaban J connectivity index is 1.88. The van der Waals surface area contributed by atoms with Gasteiger partial charge < -0.3 is 9.32 Å². The van der Waals surface area contributed by atoms with Crippen molar-refractivity contribution < 1.29 is 9.21 Å². The van der Waals surface area contributed by atoms with Crippen molar-refractivity contribution in [3.05, 3.63) is 59.8 Å². The van der Waals surface area contributed by atoms with Crippen molar-refractivity contribution in [2.45, 2.75) is 6.92 Å². The Hall–Kier alpha value is -2.40. The van der Waals surface area contributed by atoms with Gasteiger partial charge in [-0.3, -0.25) is 4.79 Å². The number of amides is 1. The van der Waals surface area contributed by atoms with Gasteiger partial charge in [-0.25, -0.2) is 4.98 Å². The fourth-order valence-corrected chi connectivity index (χ4v) is 2.84. The Morgan fingerprint density at radius 2 is 2.05 bits per heavy atom. The molecule has 0 spiro atoms. The second-order valence-corrected chi connectivity index (χ2v) is 5.26. The van der Waals surface area contributed by atoms with E-state index in [9.17, 15) is 4.79 Å². The van der Waals surface area contributed by atoms with Crippen LogP contribution in [0, 0.1) is 0 Å². The van der Waals surface area contributed by atoms with E-state index in [1.165, 1.54) is 11.3 Å². The second-order valence-electron chi connectivity index (χ2n) is 4.40. The van der Waals surface area contributed by atoms with E-state index in [4.69, 9.17) is 4.42 Å². The Bertz CT molecular complexity index is 720. The van der Waals surface area contributed by atoms with Gasteiger partial charge in [0.2, 0.25) is 0 Å². The highest BCUT2D eigenvalue weighted by atomic mass is 32.1. The van der Waals surface area contributed by atoms with Crippen molar-refractivity contribution in [3.63, 3.8) is 0 Å². The maximum atomic E-state index is 12.6. The number of furan rings is 1. The molecule has 4 nitrogen and oxygen atoms in total. The van der Waals surface area contributed by atoms with Gasteiger partial charge in [0, 0.05) is 17.6 Å². The first-order valence-electron chi connectivity index (χ1n) is 6.66. The molecule has 3 aromatic rings. The summed E-state index contributed by atoms with van der Waals surface area (Å²) in [5, 5.41) is 2.48. The molecule has 106 valence electrons. The minimum atomic E-state index is -0.0993. The molecule has 0 aliphatic carbocycles. The molecule has 0 aliphatic heterocycles. The van der Waals surface area contributed by atoms with Crippen LogP contribution in [-0.4, -0.2) is 17.4 Å². The number of carbonyl (C=O) groups is 1. The molecule has 0 saturated heterocycles. The third kappa shape index (κ3) is 2.73. The Labute approximate surface area is 126 Å². The fourth-order valence-electron chi connectivity index (χ4n) is 2.08. The molecule has 0 saturated carbocycles. The molecular formula is C16H14N2O2S. The lowest BCUT2D eigenvalue weighted by molar-refractivity contribution is 0.0984. The first kappa shape index (κ1) is 13.6. The summed E-state index contributed by atoms with van der Waals surface area (Å²) < 4.78 is 5.31. The van der Waals surface area contributed by atoms with Gasteiger partial charge in [-0.05, 0) is 31.2 Å². The number of para-hydroxylation sites is 1. The van der Waals surface area contributed by atoms with Crippen LogP contribution in [0.4, 0.5) is 5.69 Å². The average Bonchev–Trinajstić information content (AvgIpc) is 3.20. The summed E-state index contributed by atoms with van der Waals surface area (Å²) in [5.41, 5.74) is 1.31. The lowest BCUT2D eigenvalue weighted by atomic mass is 10.2. The van der Waals surface area contributed by atoms with E-state index in [-0.39, 0.29) is 5.91 Å². The normalized spacial score (nSPS) is 10.5. The molecule has 0 fully saturated rings. The van der Waals surface area contributed by atoms with E-state index >= 15 is 0 Å². The van der Waals surface area contributed by atoms with Gasteiger partial charge in [-0.15, -0.1) is 11.3 Å². The van der Waals surface area contributed by atoms with Crippen LogP contribution >= 0.6 is 11.3 Å². The maximum Gasteiger partial charge on any atom is 0.277 e. The number of hydrogen-bond acceptors (Lipinski definition) is 4. The summed E-state index contributed by atoms with van der Waals surface area (Å²) in [6.07, 6.45) is 1.60. The van der Waals surface area contributed by atoms with Crippen molar-refractivity contribution in [3.8, 4) is 10.8 Å². The summed E-state index contributed by atoms with van der Waals surface area (Å²) in [5.74, 6) is 0.583. The average molecular weight is 298 g/mol. The predicted octanol–water partition coefficient (Wildman–Crippen LogP) is 4.07. The zero-order valence-electron chi connectivity index (χ0n) is 11.5. The van der Waals surface area contributed by atoms with Gasteiger partial charge in [0.25, 0.3) is 5.91 Å². The first-order valence-corrected chi connectivity index (χ1v) is 7.54. The molecule has 3 rings (SSSR count). The van der Waals surface area contributed by atoms with Crippen molar-refractivity contribution in [2.24, 2.45) is 0 Å². The van der Waals surface area contributed by atoms with Crippen LogP contribution in [-0.2, 0) is 0 Å². The molecule has 0 radical (unpaired) electrons. The second kappa shape index (κ2) is 5.93. The molecular weight excluding hydrogens is 284 g/mol. The van der Waals surface area contributed by atoms with E-state index in [1.54, 1.807) is 22.6 Å². The minimum absolute atomic E-state index is 0.0993. The number of thiazole rings is 1. The van der Waals surface area contributed by atoms with E-state index in [2.05, 4.69) is 4.98 Å². The van der Waals surface area contributed by atoms with Crippen LogP contribution in [0.15, 0.2) is 58.5 Å². The molecule has 5 heteroatoms. The van der Waals surface area contributed by atoms with Gasteiger partial charge in [0.05, 0.1) is 6.26 Å². The van der Waals surface area contributed by atoms with Crippen molar-refractivity contribution >= 4 is 22.9 Å². The van der Waals surface area contributed by atoms with Crippen LogP contribution in [0.3, 0.4) is 0 Å². The summed E-state index contributed by atoms with van der Waals surface area (Å²) >= 11 is 1.41. The first-order chi connectivity index (χ1) is 10.3. The monoisotopic (exact) mass is 298 g/mol. The molecule has 0 aliphatic rings. The number of nitrogens with zero attached hydrogens (tertiary/aromatic N) is 2. The van der Waals surface area contributed by atoms with Crippen LogP contribution in [0.25, 0.3) is 10.8 Å². The molecule has 1 aromatic carbocycles. The zero-order valence-corrected chi connectivity index (χ0v) is 12.3. The Morgan fingerprint density at radius 3 is 2.71 bits per heavy atom. The number of anilines is 1. The molecule has 2 heterocycles. The van der Waals surface area contributed by atoms with Gasteiger partial charge in [-0.2, -0.15) is 0 Å². The number of carbonyl (C=O) groups excluding carboxylic acids is 1. The smallest absolute Gasteiger partial charge is 0.277 e. The van der Waals surface area contributed by atoms with Crippen molar-refractivity contribution in [1.82, 2.24) is 4.98 Å². The highest BCUT2D eigenvalue weighted by Gasteiger charge is 2.19. The molecule has 0 unspecified atom stereocenters. The summed E-state index contributed by atoms with van der Waals surface area (Å²) in [7, 11) is 0. The largest absolute Gasteiger partial charge is 0.462 e. The number of aromatic nitrogens is 1. The summed E-state index contributed by atoms with van der Waals surface area (Å²) in [4.78, 5) is 18.7. The van der Waals surface area contributed by atoms with Gasteiger partial charge >= 0.3 is 0 Å². The van der Waals surface area contributed by atoms with E-state index < -0.39 is 0 Å². The summed E-state index contributed by atoms with van der Waals surface area (Å²) in [6.45, 7) is 2.54. The third-order valence-corrected chi connectivity index (χ3v) is 3.94. The number of rotatable bonds is 4. The zero-order chi connectivity index (χ0) is 14.7. The number of hydrogen-bond donors (Lipinski definition) is 0. The topological polar surface area (TPSA) is 46.3 Å². The van der Waals surface area contributed by atoms with E-state index in [1.807, 2.05) is 43.3 Å². The molecule has 0 atom stereocenters. The quantitative estimate of drug-likeness (QED) is 0.729. The lowest BCUT2D eigenvalue weighted by Crippen LogP contribution is -2.30. The lowest BCUT2D eigenvalue weighted by Gasteiger charge is -2.19. The van der Waals surface area contributed by atoms with Crippen LogP contribution < -0.4 is 4.90 Å². The molecule has 2 aromatic heterocycles. The van der Waals surface area contributed by atoms with Gasteiger partial charge in [-0.1, -0.05) is 18.2 Å². The molecule has 21 heavy (non-hydrogen) atoms. The highest BCUT2D eigenvalue weighted by Crippen LogP contribution is 2.25. The third-order valence-electron chi connectivity index (χ3n) is 3.08. The standard InChI is InChI=1S/C16H14N2O2S/c1-2-18(12-7-4-3-5-8-12)16(19)13-11-21-15(17-13)14-9-6-10-20-14/h3-11H,2H2,1H3. The Kier molecular flexibility index (Phi) is 3.83. The van der Waals surface area contributed by atoms with Gasteiger partial charge in [0.15, 0.2) is 10.8 Å². The minimum Gasteiger partial charge on any atom is -0.462 e. The molecule has 0 N–H and O–H groups in total. The van der Waals surface area contributed by atoms with Gasteiger partial charge in [0.1, 0.15) is 5.69 Å². The van der Waals surface area contributed by atoms with Crippen molar-refractivity contribution in [1.29, 1.82) is 0 Å². The highest BCUT2D eigenvalue weighted by molar-refractivity contribution is 7.13. The van der Waals surface area contributed by atoms with E-state index in [0.29, 0.717) is 23.0 Å². The Morgan fingerprint density at radius 1 is 1.24 bits per heavy atom. The van der Waals surface area contributed by atoms with Crippen molar-refractivity contribution in [2.75, 3.05) is 11.4 Å². The SMILES string of the molecule is CCN(C(=O)c1csc(-c2ccco2)n1)c1ccccc1.